The molecule has 0 bridgehead atoms. The van der Waals surface area contributed by atoms with Crippen LogP contribution in [-0.2, 0) is 9.53 Å². The van der Waals surface area contributed by atoms with E-state index in [1.807, 2.05) is 37.4 Å². The van der Waals surface area contributed by atoms with Crippen LogP contribution in [0.25, 0.3) is 10.9 Å². The van der Waals surface area contributed by atoms with Crippen LogP contribution in [0, 0.1) is 0 Å². The molecular weight excluding hydrogens is 190 g/mol. The van der Waals surface area contributed by atoms with Crippen LogP contribution in [0.2, 0.25) is 0 Å². The van der Waals surface area contributed by atoms with Gasteiger partial charge in [-0.2, -0.15) is 0 Å². The van der Waals surface area contributed by atoms with Crippen LogP contribution < -0.4 is 0 Å². The number of aromatic amines is 1. The van der Waals surface area contributed by atoms with E-state index in [0.29, 0.717) is 0 Å². The number of para-hydroxylation sites is 1. The maximum Gasteiger partial charge on any atom is 0.303 e. The Balaban J connectivity index is 2.42. The van der Waals surface area contributed by atoms with Gasteiger partial charge in [-0.05, 0) is 18.4 Å². The van der Waals surface area contributed by atoms with E-state index in [-0.39, 0.29) is 12.1 Å². The lowest BCUT2D eigenvalue weighted by atomic mass is 10.1. The second-order valence-electron chi connectivity index (χ2n) is 3.54. The number of fused-ring (bicyclic) bond motifs is 1. The third-order valence-corrected chi connectivity index (χ3v) is 2.40. The van der Waals surface area contributed by atoms with Gasteiger partial charge in [0.25, 0.3) is 0 Å². The third kappa shape index (κ3) is 1.86. The molecule has 1 atom stereocenters. The molecule has 1 unspecified atom stereocenters. The van der Waals surface area contributed by atoms with Crippen LogP contribution in [0.5, 0.6) is 0 Å². The van der Waals surface area contributed by atoms with Crippen molar-refractivity contribution < 1.29 is 9.53 Å². The summed E-state index contributed by atoms with van der Waals surface area (Å²) < 4.78 is 5.15. The van der Waals surface area contributed by atoms with E-state index >= 15 is 0 Å². The fourth-order valence-corrected chi connectivity index (χ4v) is 1.76. The van der Waals surface area contributed by atoms with Crippen LogP contribution in [0.15, 0.2) is 30.5 Å². The van der Waals surface area contributed by atoms with E-state index in [1.165, 1.54) is 6.92 Å². The number of hydrogen-bond donors (Lipinski definition) is 1. The zero-order valence-corrected chi connectivity index (χ0v) is 8.78. The van der Waals surface area contributed by atoms with Crippen LogP contribution in [0.4, 0.5) is 0 Å². The molecule has 0 spiro atoms. The Hall–Kier alpha value is -1.77. The molecule has 1 aromatic carbocycles. The van der Waals surface area contributed by atoms with Crippen LogP contribution in [0.1, 0.15) is 25.5 Å². The Morgan fingerprint density at radius 1 is 1.40 bits per heavy atom. The lowest BCUT2D eigenvalue weighted by molar-refractivity contribution is -0.145. The van der Waals surface area contributed by atoms with Gasteiger partial charge in [-0.25, -0.2) is 0 Å². The fraction of sp³-hybridized carbons (Fsp3) is 0.250. The number of H-pyrrole nitrogens is 1. The van der Waals surface area contributed by atoms with Gasteiger partial charge in [-0.3, -0.25) is 4.79 Å². The van der Waals surface area contributed by atoms with E-state index in [2.05, 4.69) is 4.98 Å². The monoisotopic (exact) mass is 203 g/mol. The predicted molar refractivity (Wildman–Crippen MR) is 58.5 cm³/mol. The van der Waals surface area contributed by atoms with E-state index in [9.17, 15) is 4.79 Å². The molecular formula is C12H13NO2. The summed E-state index contributed by atoms with van der Waals surface area (Å²) >= 11 is 0. The average molecular weight is 203 g/mol. The second-order valence-corrected chi connectivity index (χ2v) is 3.54. The van der Waals surface area contributed by atoms with Crippen LogP contribution in [0.3, 0.4) is 0 Å². The SMILES string of the molecule is CC(=O)OC(C)c1cccc2cc[nH]c12. The minimum absolute atomic E-state index is 0.218. The molecule has 0 amide bonds. The number of ether oxygens (including phenoxy) is 1. The van der Waals surface area contributed by atoms with Gasteiger partial charge in [0, 0.05) is 18.7 Å². The summed E-state index contributed by atoms with van der Waals surface area (Å²) in [5.74, 6) is -0.258. The largest absolute Gasteiger partial charge is 0.458 e. The van der Waals surface area contributed by atoms with Crippen molar-refractivity contribution in [3.05, 3.63) is 36.0 Å². The van der Waals surface area contributed by atoms with Crippen molar-refractivity contribution in [1.29, 1.82) is 0 Å². The molecule has 0 aliphatic rings. The second kappa shape index (κ2) is 3.77. The first kappa shape index (κ1) is 9.77. The molecule has 3 nitrogen and oxygen atoms in total. The molecule has 2 rings (SSSR count). The molecule has 0 aliphatic carbocycles. The number of hydrogen-bond acceptors (Lipinski definition) is 2. The van der Waals surface area contributed by atoms with Gasteiger partial charge in [-0.15, -0.1) is 0 Å². The summed E-state index contributed by atoms with van der Waals surface area (Å²) in [4.78, 5) is 14.0. The topological polar surface area (TPSA) is 42.1 Å². The fourth-order valence-electron chi connectivity index (χ4n) is 1.76. The first-order valence-corrected chi connectivity index (χ1v) is 4.91. The van der Waals surface area contributed by atoms with E-state index in [0.717, 1.165) is 16.5 Å². The highest BCUT2D eigenvalue weighted by Gasteiger charge is 2.12. The minimum atomic E-state index is -0.258. The summed E-state index contributed by atoms with van der Waals surface area (Å²) in [5.41, 5.74) is 2.04. The molecule has 78 valence electrons. The van der Waals surface area contributed by atoms with Crippen molar-refractivity contribution in [3.63, 3.8) is 0 Å². The van der Waals surface area contributed by atoms with Crippen molar-refractivity contribution in [2.75, 3.05) is 0 Å². The highest BCUT2D eigenvalue weighted by Crippen LogP contribution is 2.25. The first-order chi connectivity index (χ1) is 7.18. The number of carbonyl (C=O) groups excluding carboxylic acids is 1. The highest BCUT2D eigenvalue weighted by molar-refractivity contribution is 5.83. The highest BCUT2D eigenvalue weighted by atomic mass is 16.5. The Kier molecular flexibility index (Phi) is 2.46. The number of esters is 1. The first-order valence-electron chi connectivity index (χ1n) is 4.91. The summed E-state index contributed by atoms with van der Waals surface area (Å²) in [7, 11) is 0. The van der Waals surface area contributed by atoms with Gasteiger partial charge in [0.15, 0.2) is 0 Å². The van der Waals surface area contributed by atoms with Crippen LogP contribution in [-0.4, -0.2) is 11.0 Å². The third-order valence-electron chi connectivity index (χ3n) is 2.40. The summed E-state index contributed by atoms with van der Waals surface area (Å²) in [6.07, 6.45) is 1.67. The Morgan fingerprint density at radius 3 is 2.93 bits per heavy atom. The lowest BCUT2D eigenvalue weighted by Crippen LogP contribution is -2.05. The van der Waals surface area contributed by atoms with Crippen molar-refractivity contribution in [2.45, 2.75) is 20.0 Å². The lowest BCUT2D eigenvalue weighted by Gasteiger charge is -2.12. The van der Waals surface area contributed by atoms with E-state index < -0.39 is 0 Å². The quantitative estimate of drug-likeness (QED) is 0.762. The molecule has 0 saturated carbocycles. The zero-order valence-electron chi connectivity index (χ0n) is 8.78. The summed E-state index contributed by atoms with van der Waals surface area (Å²) in [6, 6.07) is 7.95. The number of nitrogens with one attached hydrogen (secondary N) is 1. The molecule has 1 aromatic heterocycles. The Morgan fingerprint density at radius 2 is 2.20 bits per heavy atom. The molecule has 0 fully saturated rings. The van der Waals surface area contributed by atoms with Gasteiger partial charge in [0.05, 0.1) is 5.52 Å². The van der Waals surface area contributed by atoms with Gasteiger partial charge in [-0.1, -0.05) is 18.2 Å². The number of benzene rings is 1. The molecule has 15 heavy (non-hydrogen) atoms. The molecule has 0 aliphatic heterocycles. The minimum Gasteiger partial charge on any atom is -0.458 e. The van der Waals surface area contributed by atoms with Crippen LogP contribution >= 0.6 is 0 Å². The summed E-state index contributed by atoms with van der Waals surface area (Å²) in [5, 5.41) is 1.13. The maximum absolute atomic E-state index is 10.9. The van der Waals surface area contributed by atoms with Gasteiger partial charge in [0.1, 0.15) is 6.10 Å². The zero-order chi connectivity index (χ0) is 10.8. The van der Waals surface area contributed by atoms with Crippen molar-refractivity contribution in [2.24, 2.45) is 0 Å². The van der Waals surface area contributed by atoms with Gasteiger partial charge < -0.3 is 9.72 Å². The smallest absolute Gasteiger partial charge is 0.303 e. The number of carbonyl (C=O) groups is 1. The summed E-state index contributed by atoms with van der Waals surface area (Å²) in [6.45, 7) is 3.29. The normalized spacial score (nSPS) is 12.7. The van der Waals surface area contributed by atoms with E-state index in [4.69, 9.17) is 4.74 Å². The van der Waals surface area contributed by atoms with Gasteiger partial charge >= 0.3 is 5.97 Å². The Bertz CT molecular complexity index is 487. The number of rotatable bonds is 2. The molecule has 1 N–H and O–H groups in total. The standard InChI is InChI=1S/C12H13NO2/c1-8(15-9(2)14)11-5-3-4-10-6-7-13-12(10)11/h3-8,13H,1-2H3. The molecule has 2 aromatic rings. The Labute approximate surface area is 88.1 Å². The predicted octanol–water partition coefficient (Wildman–Crippen LogP) is 2.79. The van der Waals surface area contributed by atoms with Crippen molar-refractivity contribution >= 4 is 16.9 Å². The maximum atomic E-state index is 10.9. The molecule has 0 radical (unpaired) electrons. The van der Waals surface area contributed by atoms with Crippen molar-refractivity contribution in [3.8, 4) is 0 Å². The van der Waals surface area contributed by atoms with Crippen molar-refractivity contribution in [1.82, 2.24) is 4.98 Å². The average Bonchev–Trinajstić information content (AvgIpc) is 2.63. The molecule has 1 heterocycles. The van der Waals surface area contributed by atoms with E-state index in [1.54, 1.807) is 0 Å². The molecule has 0 saturated heterocycles. The number of aromatic nitrogens is 1. The molecule has 3 heteroatoms. The van der Waals surface area contributed by atoms with Gasteiger partial charge in [0.2, 0.25) is 0 Å².